The highest BCUT2D eigenvalue weighted by molar-refractivity contribution is 7.16. The van der Waals surface area contributed by atoms with Gasteiger partial charge in [0, 0.05) is 11.1 Å². The van der Waals surface area contributed by atoms with Crippen LogP contribution in [-0.2, 0) is 6.54 Å². The Labute approximate surface area is 116 Å². The first-order chi connectivity index (χ1) is 8.66. The van der Waals surface area contributed by atoms with E-state index in [1.807, 2.05) is 43.3 Å². The number of rotatable bonds is 4. The monoisotopic (exact) mass is 279 g/mol. The quantitative estimate of drug-likeness (QED) is 0.843. The molecular formula is C14H14ClNOS. The molecule has 2 aromatic rings. The Morgan fingerprint density at radius 1 is 1.33 bits per heavy atom. The van der Waals surface area contributed by atoms with Crippen LogP contribution in [0.3, 0.4) is 0 Å². The van der Waals surface area contributed by atoms with Gasteiger partial charge in [0.25, 0.3) is 0 Å². The SMILES string of the molecule is Cc1ccccc1C(O)C=NCc1ccc(Cl)s1. The molecule has 1 unspecified atom stereocenters. The van der Waals surface area contributed by atoms with Crippen molar-refractivity contribution in [2.24, 2.45) is 4.99 Å². The molecule has 1 atom stereocenters. The molecule has 94 valence electrons. The van der Waals surface area contributed by atoms with Gasteiger partial charge < -0.3 is 5.11 Å². The Kier molecular flexibility index (Phi) is 4.53. The Morgan fingerprint density at radius 3 is 2.78 bits per heavy atom. The zero-order chi connectivity index (χ0) is 13.0. The molecule has 1 heterocycles. The highest BCUT2D eigenvalue weighted by Crippen LogP contribution is 2.22. The van der Waals surface area contributed by atoms with E-state index in [1.165, 1.54) is 11.3 Å². The Hall–Kier alpha value is -1.16. The number of hydrogen-bond acceptors (Lipinski definition) is 3. The Balaban J connectivity index is 1.99. The van der Waals surface area contributed by atoms with Crippen molar-refractivity contribution in [3.05, 3.63) is 56.7 Å². The largest absolute Gasteiger partial charge is 0.383 e. The third-order valence-electron chi connectivity index (χ3n) is 2.63. The fourth-order valence-electron chi connectivity index (χ4n) is 1.68. The maximum atomic E-state index is 10.0. The molecule has 1 aromatic heterocycles. The van der Waals surface area contributed by atoms with Gasteiger partial charge in [0.2, 0.25) is 0 Å². The standard InChI is InChI=1S/C14H14ClNOS/c1-10-4-2-3-5-12(10)13(17)9-16-8-11-6-7-14(15)18-11/h2-7,9,13,17H,8H2,1H3. The smallest absolute Gasteiger partial charge is 0.114 e. The Bertz CT molecular complexity index is 550. The maximum Gasteiger partial charge on any atom is 0.114 e. The van der Waals surface area contributed by atoms with Crippen LogP contribution in [0.2, 0.25) is 4.34 Å². The number of hydrogen-bond donors (Lipinski definition) is 1. The van der Waals surface area contributed by atoms with E-state index in [2.05, 4.69) is 4.99 Å². The van der Waals surface area contributed by atoms with Gasteiger partial charge in [-0.3, -0.25) is 4.99 Å². The third-order valence-corrected chi connectivity index (χ3v) is 3.85. The number of thiophene rings is 1. The molecule has 2 rings (SSSR count). The fraction of sp³-hybridized carbons (Fsp3) is 0.214. The van der Waals surface area contributed by atoms with Crippen molar-refractivity contribution in [2.45, 2.75) is 19.6 Å². The minimum absolute atomic E-state index is 0.556. The molecule has 0 fully saturated rings. The van der Waals surface area contributed by atoms with Crippen LogP contribution in [0, 0.1) is 6.92 Å². The van der Waals surface area contributed by atoms with Crippen LogP contribution < -0.4 is 0 Å². The molecule has 0 aliphatic heterocycles. The van der Waals surface area contributed by atoms with Gasteiger partial charge in [0.1, 0.15) is 6.10 Å². The van der Waals surface area contributed by atoms with Crippen LogP contribution in [0.15, 0.2) is 41.4 Å². The summed E-state index contributed by atoms with van der Waals surface area (Å²) in [6, 6.07) is 11.6. The molecule has 0 amide bonds. The van der Waals surface area contributed by atoms with Gasteiger partial charge in [-0.1, -0.05) is 35.9 Å². The van der Waals surface area contributed by atoms with E-state index >= 15 is 0 Å². The van der Waals surface area contributed by atoms with Crippen molar-refractivity contribution in [3.8, 4) is 0 Å². The zero-order valence-corrected chi connectivity index (χ0v) is 11.6. The first-order valence-corrected chi connectivity index (χ1v) is 6.84. The minimum Gasteiger partial charge on any atom is -0.383 e. The van der Waals surface area contributed by atoms with Crippen LogP contribution in [0.1, 0.15) is 22.1 Å². The third kappa shape index (κ3) is 3.42. The minimum atomic E-state index is -0.651. The molecule has 18 heavy (non-hydrogen) atoms. The fourth-order valence-corrected chi connectivity index (χ4v) is 2.70. The lowest BCUT2D eigenvalue weighted by Crippen LogP contribution is -2.01. The van der Waals surface area contributed by atoms with Crippen molar-refractivity contribution in [1.82, 2.24) is 0 Å². The van der Waals surface area contributed by atoms with E-state index in [0.29, 0.717) is 6.54 Å². The predicted octanol–water partition coefficient (Wildman–Crippen LogP) is 4.01. The summed E-state index contributed by atoms with van der Waals surface area (Å²) in [4.78, 5) is 5.34. The van der Waals surface area contributed by atoms with Gasteiger partial charge in [0.05, 0.1) is 10.9 Å². The second-order valence-electron chi connectivity index (χ2n) is 4.00. The summed E-state index contributed by atoms with van der Waals surface area (Å²) < 4.78 is 0.764. The lowest BCUT2D eigenvalue weighted by molar-refractivity contribution is 0.251. The summed E-state index contributed by atoms with van der Waals surface area (Å²) >= 11 is 7.34. The van der Waals surface area contributed by atoms with Crippen LogP contribution >= 0.6 is 22.9 Å². The lowest BCUT2D eigenvalue weighted by Gasteiger charge is -2.08. The molecule has 1 aromatic carbocycles. The number of aliphatic hydroxyl groups excluding tert-OH is 1. The lowest BCUT2D eigenvalue weighted by atomic mass is 10.0. The molecule has 0 aliphatic rings. The summed E-state index contributed by atoms with van der Waals surface area (Å²) in [5.74, 6) is 0. The van der Waals surface area contributed by atoms with Crippen LogP contribution in [0.4, 0.5) is 0 Å². The maximum absolute atomic E-state index is 10.0. The average Bonchev–Trinajstić information content (AvgIpc) is 2.75. The van der Waals surface area contributed by atoms with E-state index < -0.39 is 6.10 Å². The van der Waals surface area contributed by atoms with E-state index in [1.54, 1.807) is 6.21 Å². The molecule has 0 bridgehead atoms. The molecule has 0 saturated heterocycles. The van der Waals surface area contributed by atoms with Gasteiger partial charge in [0.15, 0.2) is 0 Å². The molecule has 4 heteroatoms. The van der Waals surface area contributed by atoms with Gasteiger partial charge in [-0.25, -0.2) is 0 Å². The molecule has 1 N–H and O–H groups in total. The molecule has 2 nitrogen and oxygen atoms in total. The van der Waals surface area contributed by atoms with Crippen molar-refractivity contribution >= 4 is 29.2 Å². The van der Waals surface area contributed by atoms with Gasteiger partial charge in [-0.05, 0) is 30.2 Å². The molecule has 0 saturated carbocycles. The number of aliphatic hydroxyl groups is 1. The van der Waals surface area contributed by atoms with E-state index in [9.17, 15) is 5.11 Å². The summed E-state index contributed by atoms with van der Waals surface area (Å²) in [6.07, 6.45) is 0.928. The van der Waals surface area contributed by atoms with Gasteiger partial charge in [-0.15, -0.1) is 11.3 Å². The number of halogens is 1. The van der Waals surface area contributed by atoms with Gasteiger partial charge >= 0.3 is 0 Å². The predicted molar refractivity (Wildman–Crippen MR) is 77.7 cm³/mol. The van der Waals surface area contributed by atoms with Crippen molar-refractivity contribution in [1.29, 1.82) is 0 Å². The first kappa shape index (κ1) is 13.3. The molecule has 0 spiro atoms. The summed E-state index contributed by atoms with van der Waals surface area (Å²) in [6.45, 7) is 2.53. The zero-order valence-electron chi connectivity index (χ0n) is 10.0. The number of benzene rings is 1. The van der Waals surface area contributed by atoms with Gasteiger partial charge in [-0.2, -0.15) is 0 Å². The highest BCUT2D eigenvalue weighted by Gasteiger charge is 2.06. The molecule has 0 radical (unpaired) electrons. The van der Waals surface area contributed by atoms with Crippen molar-refractivity contribution in [3.63, 3.8) is 0 Å². The van der Waals surface area contributed by atoms with Crippen LogP contribution in [0.25, 0.3) is 0 Å². The Morgan fingerprint density at radius 2 is 2.11 bits per heavy atom. The molecule has 0 aliphatic carbocycles. The molecular weight excluding hydrogens is 266 g/mol. The van der Waals surface area contributed by atoms with Crippen LogP contribution in [-0.4, -0.2) is 11.3 Å². The number of aryl methyl sites for hydroxylation is 1. The normalized spacial score (nSPS) is 13.1. The first-order valence-electron chi connectivity index (χ1n) is 5.64. The number of nitrogens with zero attached hydrogens (tertiary/aromatic N) is 1. The average molecular weight is 280 g/mol. The van der Waals surface area contributed by atoms with Crippen molar-refractivity contribution < 1.29 is 5.11 Å². The van der Waals surface area contributed by atoms with E-state index in [0.717, 1.165) is 20.3 Å². The summed E-state index contributed by atoms with van der Waals surface area (Å²) in [5.41, 5.74) is 1.96. The second-order valence-corrected chi connectivity index (χ2v) is 5.80. The highest BCUT2D eigenvalue weighted by atomic mass is 35.5. The summed E-state index contributed by atoms with van der Waals surface area (Å²) in [7, 11) is 0. The number of aliphatic imine (C=N–C) groups is 1. The van der Waals surface area contributed by atoms with Crippen LogP contribution in [0.5, 0.6) is 0 Å². The van der Waals surface area contributed by atoms with E-state index in [-0.39, 0.29) is 0 Å². The topological polar surface area (TPSA) is 32.6 Å². The van der Waals surface area contributed by atoms with E-state index in [4.69, 9.17) is 11.6 Å². The van der Waals surface area contributed by atoms with Crippen molar-refractivity contribution in [2.75, 3.05) is 0 Å². The second kappa shape index (κ2) is 6.14. The summed E-state index contributed by atoms with van der Waals surface area (Å²) in [5, 5.41) is 10.0.